The summed E-state index contributed by atoms with van der Waals surface area (Å²) in [6.07, 6.45) is 0. The zero-order valence-electron chi connectivity index (χ0n) is 14.1. The number of para-hydroxylation sites is 1. The van der Waals surface area contributed by atoms with Crippen molar-refractivity contribution in [3.63, 3.8) is 0 Å². The van der Waals surface area contributed by atoms with Crippen molar-refractivity contribution in [1.82, 2.24) is 10.1 Å². The van der Waals surface area contributed by atoms with E-state index in [2.05, 4.69) is 10.1 Å². The molecule has 0 radical (unpaired) electrons. The highest BCUT2D eigenvalue weighted by molar-refractivity contribution is 5.63. The summed E-state index contributed by atoms with van der Waals surface area (Å²) in [6.45, 7) is 1.88. The molecule has 4 rings (SSSR count). The molecule has 0 bridgehead atoms. The molecule has 5 heteroatoms. The molecule has 0 amide bonds. The normalized spacial score (nSPS) is 10.7. The quantitative estimate of drug-likeness (QED) is 0.550. The lowest BCUT2D eigenvalue weighted by Crippen LogP contribution is -1.86. The van der Waals surface area contributed by atoms with Gasteiger partial charge in [-0.1, -0.05) is 23.4 Å². The van der Waals surface area contributed by atoms with Crippen molar-refractivity contribution in [3.05, 3.63) is 78.4 Å². The van der Waals surface area contributed by atoms with Gasteiger partial charge in [-0.3, -0.25) is 0 Å². The summed E-state index contributed by atoms with van der Waals surface area (Å²) in [4.78, 5) is 4.45. The van der Waals surface area contributed by atoms with E-state index in [0.717, 1.165) is 28.2 Å². The molecular formula is C21H16N2O3. The largest absolute Gasteiger partial charge is 0.508 e. The van der Waals surface area contributed by atoms with Gasteiger partial charge in [-0.2, -0.15) is 4.98 Å². The van der Waals surface area contributed by atoms with Gasteiger partial charge in [0, 0.05) is 11.1 Å². The van der Waals surface area contributed by atoms with Crippen LogP contribution in [0.3, 0.4) is 0 Å². The monoisotopic (exact) mass is 344 g/mol. The maximum atomic E-state index is 9.52. The lowest BCUT2D eigenvalue weighted by Gasteiger charge is -2.05. The second-order valence-electron chi connectivity index (χ2n) is 5.86. The second-order valence-corrected chi connectivity index (χ2v) is 5.86. The smallest absolute Gasteiger partial charge is 0.258 e. The molecule has 0 aliphatic rings. The Hall–Kier alpha value is -3.60. The predicted octanol–water partition coefficient (Wildman–Crippen LogP) is 5.21. The molecule has 0 unspecified atom stereocenters. The molecule has 0 saturated heterocycles. The Bertz CT molecular complexity index is 1020. The van der Waals surface area contributed by atoms with Crippen LogP contribution in [0, 0.1) is 6.92 Å². The summed E-state index contributed by atoms with van der Waals surface area (Å²) < 4.78 is 11.2. The maximum Gasteiger partial charge on any atom is 0.258 e. The Morgan fingerprint density at radius 2 is 1.62 bits per heavy atom. The zero-order valence-corrected chi connectivity index (χ0v) is 14.1. The van der Waals surface area contributed by atoms with E-state index < -0.39 is 0 Å². The minimum absolute atomic E-state index is 0.208. The van der Waals surface area contributed by atoms with Crippen molar-refractivity contribution in [3.8, 4) is 40.1 Å². The Morgan fingerprint density at radius 1 is 0.885 bits per heavy atom. The number of aryl methyl sites for hydroxylation is 1. The molecule has 1 aromatic heterocycles. The molecule has 128 valence electrons. The Morgan fingerprint density at radius 3 is 2.35 bits per heavy atom. The number of nitrogens with zero attached hydrogens (tertiary/aromatic N) is 2. The van der Waals surface area contributed by atoms with E-state index >= 15 is 0 Å². The second kappa shape index (κ2) is 6.72. The summed E-state index contributed by atoms with van der Waals surface area (Å²) in [6, 6.07) is 22.1. The molecule has 0 atom stereocenters. The maximum absolute atomic E-state index is 9.52. The summed E-state index contributed by atoms with van der Waals surface area (Å²) in [5, 5.41) is 13.6. The topological polar surface area (TPSA) is 68.4 Å². The number of phenolic OH excluding ortho intramolecular Hbond substituents is 1. The number of phenols is 1. The predicted molar refractivity (Wildman–Crippen MR) is 98.1 cm³/mol. The Balaban J connectivity index is 1.56. The molecule has 1 N–H and O–H groups in total. The summed E-state index contributed by atoms with van der Waals surface area (Å²) >= 11 is 0. The van der Waals surface area contributed by atoms with Gasteiger partial charge in [0.05, 0.1) is 0 Å². The molecule has 0 saturated carbocycles. The summed E-state index contributed by atoms with van der Waals surface area (Å²) in [5.74, 6) is 2.64. The van der Waals surface area contributed by atoms with Crippen molar-refractivity contribution in [2.75, 3.05) is 0 Å². The minimum atomic E-state index is 0.208. The number of hydrogen-bond donors (Lipinski definition) is 1. The molecule has 3 aromatic carbocycles. The molecule has 1 heterocycles. The molecule has 0 aliphatic heterocycles. The van der Waals surface area contributed by atoms with Crippen LogP contribution in [0.15, 0.2) is 77.3 Å². The molecule has 4 aromatic rings. The zero-order chi connectivity index (χ0) is 17.9. The fourth-order valence-electron chi connectivity index (χ4n) is 2.63. The molecule has 26 heavy (non-hydrogen) atoms. The van der Waals surface area contributed by atoms with Gasteiger partial charge in [0.25, 0.3) is 5.89 Å². The standard InChI is InChI=1S/C21H16N2O3/c1-14-13-16(24)9-12-19(14)21-22-20(23-26-21)15-7-10-18(11-8-15)25-17-5-3-2-4-6-17/h2-13,24H,1H3. The first-order chi connectivity index (χ1) is 12.7. The Labute approximate surface area is 150 Å². The van der Waals surface area contributed by atoms with Gasteiger partial charge in [-0.05, 0) is 67.1 Å². The highest BCUT2D eigenvalue weighted by Crippen LogP contribution is 2.28. The third kappa shape index (κ3) is 3.28. The molecule has 0 spiro atoms. The SMILES string of the molecule is Cc1cc(O)ccc1-c1nc(-c2ccc(Oc3ccccc3)cc2)no1. The highest BCUT2D eigenvalue weighted by Gasteiger charge is 2.13. The molecule has 0 fully saturated rings. The van der Waals surface area contributed by atoms with E-state index in [9.17, 15) is 5.11 Å². The first kappa shape index (κ1) is 15.9. The van der Waals surface area contributed by atoms with E-state index in [1.165, 1.54) is 0 Å². The van der Waals surface area contributed by atoms with Crippen LogP contribution in [-0.4, -0.2) is 15.2 Å². The van der Waals surface area contributed by atoms with Crippen molar-refractivity contribution < 1.29 is 14.4 Å². The van der Waals surface area contributed by atoms with Crippen LogP contribution in [0.1, 0.15) is 5.56 Å². The van der Waals surface area contributed by atoms with E-state index in [-0.39, 0.29) is 5.75 Å². The number of aromatic nitrogens is 2. The van der Waals surface area contributed by atoms with E-state index in [1.807, 2.05) is 61.5 Å². The van der Waals surface area contributed by atoms with Crippen LogP contribution < -0.4 is 4.74 Å². The van der Waals surface area contributed by atoms with Gasteiger partial charge in [-0.15, -0.1) is 0 Å². The third-order valence-electron chi connectivity index (χ3n) is 3.96. The van der Waals surface area contributed by atoms with Gasteiger partial charge in [-0.25, -0.2) is 0 Å². The number of aromatic hydroxyl groups is 1. The van der Waals surface area contributed by atoms with Crippen molar-refractivity contribution in [1.29, 1.82) is 0 Å². The first-order valence-corrected chi connectivity index (χ1v) is 8.16. The molecule has 0 aliphatic carbocycles. The number of hydrogen-bond acceptors (Lipinski definition) is 5. The number of ether oxygens (including phenoxy) is 1. The first-order valence-electron chi connectivity index (χ1n) is 8.16. The van der Waals surface area contributed by atoms with Crippen LogP contribution in [0.4, 0.5) is 0 Å². The fraction of sp³-hybridized carbons (Fsp3) is 0.0476. The Kier molecular flexibility index (Phi) is 4.11. The van der Waals surface area contributed by atoms with Crippen LogP contribution in [0.5, 0.6) is 17.2 Å². The average Bonchev–Trinajstić information content (AvgIpc) is 3.13. The molecule has 5 nitrogen and oxygen atoms in total. The van der Waals surface area contributed by atoms with Crippen LogP contribution in [-0.2, 0) is 0 Å². The highest BCUT2D eigenvalue weighted by atomic mass is 16.5. The molecular weight excluding hydrogens is 328 g/mol. The minimum Gasteiger partial charge on any atom is -0.508 e. The van der Waals surface area contributed by atoms with Crippen LogP contribution in [0.2, 0.25) is 0 Å². The van der Waals surface area contributed by atoms with E-state index in [1.54, 1.807) is 18.2 Å². The van der Waals surface area contributed by atoms with Gasteiger partial charge in [0.15, 0.2) is 0 Å². The third-order valence-corrected chi connectivity index (χ3v) is 3.96. The van der Waals surface area contributed by atoms with Gasteiger partial charge in [0.2, 0.25) is 5.82 Å². The van der Waals surface area contributed by atoms with Crippen LogP contribution >= 0.6 is 0 Å². The fourth-order valence-corrected chi connectivity index (χ4v) is 2.63. The lowest BCUT2D eigenvalue weighted by molar-refractivity contribution is 0.432. The van der Waals surface area contributed by atoms with Gasteiger partial charge >= 0.3 is 0 Å². The van der Waals surface area contributed by atoms with E-state index in [0.29, 0.717) is 11.7 Å². The van der Waals surface area contributed by atoms with Gasteiger partial charge in [0.1, 0.15) is 17.2 Å². The van der Waals surface area contributed by atoms with Crippen LogP contribution in [0.25, 0.3) is 22.8 Å². The van der Waals surface area contributed by atoms with Gasteiger partial charge < -0.3 is 14.4 Å². The van der Waals surface area contributed by atoms with E-state index in [4.69, 9.17) is 9.26 Å². The average molecular weight is 344 g/mol. The summed E-state index contributed by atoms with van der Waals surface area (Å²) in [7, 11) is 0. The number of rotatable bonds is 4. The number of benzene rings is 3. The van der Waals surface area contributed by atoms with Crippen molar-refractivity contribution in [2.24, 2.45) is 0 Å². The summed E-state index contributed by atoms with van der Waals surface area (Å²) in [5.41, 5.74) is 2.49. The van der Waals surface area contributed by atoms with Crippen molar-refractivity contribution >= 4 is 0 Å². The van der Waals surface area contributed by atoms with Crippen molar-refractivity contribution in [2.45, 2.75) is 6.92 Å². The lowest BCUT2D eigenvalue weighted by atomic mass is 10.1.